The van der Waals surface area contributed by atoms with Crippen molar-refractivity contribution in [1.82, 2.24) is 5.43 Å². The summed E-state index contributed by atoms with van der Waals surface area (Å²) in [5.41, 5.74) is 5.74. The minimum atomic E-state index is -0.458. The highest BCUT2D eigenvalue weighted by atomic mass is 16.5. The molecule has 3 aromatic rings. The molecule has 7 nitrogen and oxygen atoms in total. The van der Waals surface area contributed by atoms with Crippen LogP contribution in [0.2, 0.25) is 0 Å². The predicted octanol–water partition coefficient (Wildman–Crippen LogP) is 5.66. The topological polar surface area (TPSA) is 86.2 Å². The van der Waals surface area contributed by atoms with E-state index in [0.717, 1.165) is 23.1 Å². The molecule has 1 amide bonds. The van der Waals surface area contributed by atoms with Gasteiger partial charge in [0, 0.05) is 0 Å². The maximum Gasteiger partial charge on any atom is 0.343 e. The zero-order valence-corrected chi connectivity index (χ0v) is 21.1. The first-order valence-electron chi connectivity index (χ1n) is 12.0. The van der Waals surface area contributed by atoms with Crippen molar-refractivity contribution in [3.8, 4) is 17.2 Å². The number of amides is 1. The fraction of sp³-hybridized carbons (Fsp3) is 0.276. The number of ether oxygens (including phenoxy) is 3. The molecule has 0 saturated heterocycles. The van der Waals surface area contributed by atoms with E-state index >= 15 is 0 Å². The Labute approximate surface area is 212 Å². The Kier molecular flexibility index (Phi) is 9.63. The second-order valence-corrected chi connectivity index (χ2v) is 8.61. The summed E-state index contributed by atoms with van der Waals surface area (Å²) in [5, 5.41) is 3.97. The molecule has 0 heterocycles. The summed E-state index contributed by atoms with van der Waals surface area (Å²) in [5.74, 6) is 1.29. The number of aryl methyl sites for hydroxylation is 1. The Morgan fingerprint density at radius 3 is 2.31 bits per heavy atom. The highest BCUT2D eigenvalue weighted by Crippen LogP contribution is 2.27. The van der Waals surface area contributed by atoms with Crippen LogP contribution in [-0.2, 0) is 4.79 Å². The molecule has 0 spiro atoms. The van der Waals surface area contributed by atoms with Gasteiger partial charge < -0.3 is 14.2 Å². The Hall–Kier alpha value is -4.13. The van der Waals surface area contributed by atoms with Gasteiger partial charge in [-0.1, -0.05) is 32.9 Å². The molecular weight excluding hydrogens is 456 g/mol. The molecular formula is C29H32N2O5. The third-order valence-corrected chi connectivity index (χ3v) is 5.21. The van der Waals surface area contributed by atoms with Gasteiger partial charge in [-0.2, -0.15) is 5.10 Å². The van der Waals surface area contributed by atoms with Gasteiger partial charge in [-0.05, 0) is 90.6 Å². The maximum absolute atomic E-state index is 12.4. The lowest BCUT2D eigenvalue weighted by Crippen LogP contribution is -2.25. The lowest BCUT2D eigenvalue weighted by molar-refractivity contribution is -0.123. The number of hydrogen-bond donors (Lipinski definition) is 1. The Balaban J connectivity index is 1.47. The van der Waals surface area contributed by atoms with Crippen molar-refractivity contribution in [3.63, 3.8) is 0 Å². The molecule has 0 saturated carbocycles. The average molecular weight is 489 g/mol. The summed E-state index contributed by atoms with van der Waals surface area (Å²) in [6.45, 7) is 8.66. The van der Waals surface area contributed by atoms with Gasteiger partial charge in [-0.25, -0.2) is 10.2 Å². The van der Waals surface area contributed by atoms with Gasteiger partial charge in [-0.15, -0.1) is 0 Å². The lowest BCUT2D eigenvalue weighted by atomic mass is 10.0. The fourth-order valence-corrected chi connectivity index (χ4v) is 3.29. The molecule has 3 rings (SSSR count). The fourth-order valence-electron chi connectivity index (χ4n) is 3.29. The molecule has 3 aromatic carbocycles. The van der Waals surface area contributed by atoms with Crippen LogP contribution in [-0.4, -0.2) is 31.3 Å². The number of esters is 1. The minimum Gasteiger partial charge on any atom is -0.494 e. The highest BCUT2D eigenvalue weighted by Gasteiger charge is 2.11. The van der Waals surface area contributed by atoms with E-state index in [9.17, 15) is 9.59 Å². The van der Waals surface area contributed by atoms with Crippen LogP contribution in [0.25, 0.3) is 0 Å². The third-order valence-electron chi connectivity index (χ3n) is 5.21. The van der Waals surface area contributed by atoms with Crippen LogP contribution in [0.3, 0.4) is 0 Å². The molecule has 0 radical (unpaired) electrons. The molecule has 0 aliphatic heterocycles. The summed E-state index contributed by atoms with van der Waals surface area (Å²) in [6, 6.07) is 19.6. The number of hydrazone groups is 1. The zero-order valence-electron chi connectivity index (χ0n) is 21.1. The van der Waals surface area contributed by atoms with Gasteiger partial charge in [0.25, 0.3) is 5.91 Å². The van der Waals surface area contributed by atoms with Crippen LogP contribution < -0.4 is 19.6 Å². The molecule has 0 aliphatic carbocycles. The van der Waals surface area contributed by atoms with E-state index in [1.165, 1.54) is 6.21 Å². The van der Waals surface area contributed by atoms with Gasteiger partial charge in [0.15, 0.2) is 6.61 Å². The van der Waals surface area contributed by atoms with E-state index in [1.54, 1.807) is 48.5 Å². The lowest BCUT2D eigenvalue weighted by Gasteiger charge is -2.14. The first kappa shape index (κ1) is 26.5. The number of hydrogen-bond acceptors (Lipinski definition) is 6. The average Bonchev–Trinajstić information content (AvgIpc) is 2.87. The quantitative estimate of drug-likeness (QED) is 0.163. The van der Waals surface area contributed by atoms with Gasteiger partial charge >= 0.3 is 5.97 Å². The first-order chi connectivity index (χ1) is 17.4. The van der Waals surface area contributed by atoms with E-state index < -0.39 is 5.97 Å². The van der Waals surface area contributed by atoms with Crippen molar-refractivity contribution < 1.29 is 23.8 Å². The number of nitrogens with zero attached hydrogens (tertiary/aromatic N) is 1. The molecule has 188 valence electrons. The minimum absolute atomic E-state index is 0.138. The van der Waals surface area contributed by atoms with Crippen LogP contribution in [0.15, 0.2) is 71.8 Å². The van der Waals surface area contributed by atoms with Crippen LogP contribution in [0.5, 0.6) is 17.2 Å². The van der Waals surface area contributed by atoms with Crippen LogP contribution in [0.4, 0.5) is 0 Å². The molecule has 1 N–H and O–H groups in total. The second kappa shape index (κ2) is 13.1. The third kappa shape index (κ3) is 7.98. The largest absolute Gasteiger partial charge is 0.494 e. The Morgan fingerprint density at radius 1 is 0.944 bits per heavy atom. The number of carbonyl (C=O) groups excluding carboxylic acids is 2. The van der Waals surface area contributed by atoms with Crippen LogP contribution in [0.1, 0.15) is 60.2 Å². The number of nitrogens with one attached hydrogen (secondary N) is 1. The van der Waals surface area contributed by atoms with Crippen molar-refractivity contribution in [2.45, 2.75) is 40.0 Å². The summed E-state index contributed by atoms with van der Waals surface area (Å²) >= 11 is 0. The van der Waals surface area contributed by atoms with Crippen molar-refractivity contribution in [2.75, 3.05) is 13.2 Å². The first-order valence-corrected chi connectivity index (χ1v) is 12.0. The Morgan fingerprint density at radius 2 is 1.64 bits per heavy atom. The zero-order chi connectivity index (χ0) is 25.9. The van der Waals surface area contributed by atoms with Crippen molar-refractivity contribution in [1.29, 1.82) is 0 Å². The molecule has 0 aliphatic rings. The molecule has 0 unspecified atom stereocenters. The standard InChI is InChI=1S/C29H32N2O5/c1-5-16-34-24-13-9-23(10-14-24)29(33)36-25-11-7-22(8-12-25)18-30-31-28(32)19-35-27-17-21(4)6-15-26(27)20(2)3/h6-15,17-18,20H,5,16,19H2,1-4H3,(H,31,32). The van der Waals surface area contributed by atoms with Gasteiger partial charge in [-0.3, -0.25) is 4.79 Å². The molecule has 36 heavy (non-hydrogen) atoms. The monoisotopic (exact) mass is 488 g/mol. The number of carbonyl (C=O) groups is 2. The van der Waals surface area contributed by atoms with Crippen LogP contribution >= 0.6 is 0 Å². The van der Waals surface area contributed by atoms with Crippen molar-refractivity contribution >= 4 is 18.1 Å². The SMILES string of the molecule is CCCOc1ccc(C(=O)Oc2ccc(C=NNC(=O)COc3cc(C)ccc3C(C)C)cc2)cc1. The molecule has 0 atom stereocenters. The summed E-state index contributed by atoms with van der Waals surface area (Å²) < 4.78 is 16.7. The van der Waals surface area contributed by atoms with Crippen molar-refractivity contribution in [2.24, 2.45) is 5.10 Å². The van der Waals surface area contributed by atoms with E-state index in [4.69, 9.17) is 14.2 Å². The van der Waals surface area contributed by atoms with E-state index in [2.05, 4.69) is 24.4 Å². The predicted molar refractivity (Wildman–Crippen MR) is 140 cm³/mol. The number of benzene rings is 3. The normalized spacial score (nSPS) is 10.9. The second-order valence-electron chi connectivity index (χ2n) is 8.61. The van der Waals surface area contributed by atoms with Crippen molar-refractivity contribution in [3.05, 3.63) is 89.0 Å². The summed E-state index contributed by atoms with van der Waals surface area (Å²) in [7, 11) is 0. The van der Waals surface area contributed by atoms with Crippen LogP contribution in [0, 0.1) is 6.92 Å². The molecule has 0 aromatic heterocycles. The summed E-state index contributed by atoms with van der Waals surface area (Å²) in [4.78, 5) is 24.5. The smallest absolute Gasteiger partial charge is 0.343 e. The molecule has 0 bridgehead atoms. The van der Waals surface area contributed by atoms with Gasteiger partial charge in [0.2, 0.25) is 0 Å². The van der Waals surface area contributed by atoms with E-state index in [-0.39, 0.29) is 18.4 Å². The summed E-state index contributed by atoms with van der Waals surface area (Å²) in [6.07, 6.45) is 2.42. The van der Waals surface area contributed by atoms with Gasteiger partial charge in [0.05, 0.1) is 18.4 Å². The van der Waals surface area contributed by atoms with Gasteiger partial charge in [0.1, 0.15) is 17.2 Å². The highest BCUT2D eigenvalue weighted by molar-refractivity contribution is 5.91. The molecule has 0 fully saturated rings. The van der Waals surface area contributed by atoms with E-state index in [1.807, 2.05) is 32.0 Å². The maximum atomic E-state index is 12.4. The number of rotatable bonds is 11. The Bertz CT molecular complexity index is 1190. The molecule has 7 heteroatoms. The van der Waals surface area contributed by atoms with E-state index in [0.29, 0.717) is 29.4 Å².